The summed E-state index contributed by atoms with van der Waals surface area (Å²) in [5, 5.41) is 2.80. The highest BCUT2D eigenvalue weighted by molar-refractivity contribution is 5.92. The van der Waals surface area contributed by atoms with Crippen LogP contribution >= 0.6 is 0 Å². The monoisotopic (exact) mass is 269 g/mol. The summed E-state index contributed by atoms with van der Waals surface area (Å²) in [6.07, 6.45) is 0. The van der Waals surface area contributed by atoms with Crippen LogP contribution in [0, 0.1) is 0 Å². The van der Waals surface area contributed by atoms with Crippen LogP contribution in [0.1, 0.15) is 5.56 Å². The molecule has 1 amide bonds. The van der Waals surface area contributed by atoms with E-state index in [9.17, 15) is 4.79 Å². The predicted octanol–water partition coefficient (Wildman–Crippen LogP) is 2.83. The summed E-state index contributed by atoms with van der Waals surface area (Å²) in [7, 11) is 1.50. The third-order valence-electron chi connectivity index (χ3n) is 3.22. The molecule has 0 unspecified atom stereocenters. The van der Waals surface area contributed by atoms with Gasteiger partial charge in [0.25, 0.3) is 0 Å². The first-order valence-electron chi connectivity index (χ1n) is 6.42. The number of anilines is 1. The van der Waals surface area contributed by atoms with E-state index in [1.165, 1.54) is 7.11 Å². The maximum atomic E-state index is 11.5. The Labute approximate surface area is 117 Å². The number of hydrogen-bond acceptors (Lipinski definition) is 3. The van der Waals surface area contributed by atoms with E-state index in [1.807, 2.05) is 42.5 Å². The van der Waals surface area contributed by atoms with Gasteiger partial charge >= 0.3 is 0 Å². The van der Waals surface area contributed by atoms with E-state index < -0.39 is 0 Å². The number of nitrogens with one attached hydrogen (secondary N) is 1. The zero-order valence-electron chi connectivity index (χ0n) is 11.2. The van der Waals surface area contributed by atoms with Gasteiger partial charge in [0.15, 0.2) is 0 Å². The first-order chi connectivity index (χ1) is 9.78. The fourth-order valence-electron chi connectivity index (χ4n) is 2.35. The number of methoxy groups -OCH3 is 1. The summed E-state index contributed by atoms with van der Waals surface area (Å²) in [5.74, 6) is 0.737. The number of rotatable bonds is 3. The third kappa shape index (κ3) is 2.38. The summed E-state index contributed by atoms with van der Waals surface area (Å²) < 4.78 is 10.5. The molecule has 0 atom stereocenters. The van der Waals surface area contributed by atoms with Gasteiger partial charge in [0.05, 0.1) is 0 Å². The molecule has 0 bridgehead atoms. The number of ether oxygens (including phenoxy) is 2. The lowest BCUT2D eigenvalue weighted by Crippen LogP contribution is -2.17. The lowest BCUT2D eigenvalue weighted by atomic mass is 9.96. The second-order valence-electron chi connectivity index (χ2n) is 4.64. The van der Waals surface area contributed by atoms with Crippen molar-refractivity contribution >= 4 is 11.6 Å². The quantitative estimate of drug-likeness (QED) is 0.932. The van der Waals surface area contributed by atoms with Crippen molar-refractivity contribution in [1.82, 2.24) is 0 Å². The molecule has 1 N–H and O–H groups in total. The summed E-state index contributed by atoms with van der Waals surface area (Å²) in [6.45, 7) is 0.566. The first-order valence-corrected chi connectivity index (χ1v) is 6.42. The highest BCUT2D eigenvalue weighted by Crippen LogP contribution is 2.38. The van der Waals surface area contributed by atoms with Crippen LogP contribution in [-0.4, -0.2) is 19.6 Å². The fourth-order valence-corrected chi connectivity index (χ4v) is 2.35. The summed E-state index contributed by atoms with van der Waals surface area (Å²) in [6, 6.07) is 13.8. The van der Waals surface area contributed by atoms with Gasteiger partial charge in [0.2, 0.25) is 5.91 Å². The van der Waals surface area contributed by atoms with Gasteiger partial charge in [-0.3, -0.25) is 4.79 Å². The van der Waals surface area contributed by atoms with Crippen molar-refractivity contribution in [2.24, 2.45) is 0 Å². The molecule has 0 aromatic heterocycles. The van der Waals surface area contributed by atoms with Crippen LogP contribution in [0.4, 0.5) is 5.69 Å². The Morgan fingerprint density at radius 2 is 2.10 bits per heavy atom. The van der Waals surface area contributed by atoms with Gasteiger partial charge in [-0.2, -0.15) is 0 Å². The molecule has 0 saturated carbocycles. The van der Waals surface area contributed by atoms with Crippen molar-refractivity contribution in [3.05, 3.63) is 48.0 Å². The van der Waals surface area contributed by atoms with Gasteiger partial charge in [-0.1, -0.05) is 24.3 Å². The zero-order chi connectivity index (χ0) is 13.9. The first kappa shape index (κ1) is 12.7. The number of para-hydroxylation sites is 1. The van der Waals surface area contributed by atoms with Gasteiger partial charge in [-0.25, -0.2) is 0 Å². The number of carbonyl (C=O) groups is 1. The van der Waals surface area contributed by atoms with Gasteiger partial charge < -0.3 is 14.8 Å². The number of amides is 1. The van der Waals surface area contributed by atoms with Crippen LogP contribution in [0.2, 0.25) is 0 Å². The Morgan fingerprint density at radius 1 is 1.25 bits per heavy atom. The van der Waals surface area contributed by atoms with Crippen molar-refractivity contribution in [3.8, 4) is 16.9 Å². The summed E-state index contributed by atoms with van der Waals surface area (Å²) >= 11 is 0. The zero-order valence-corrected chi connectivity index (χ0v) is 11.2. The highest BCUT2D eigenvalue weighted by atomic mass is 16.5. The number of benzene rings is 2. The highest BCUT2D eigenvalue weighted by Gasteiger charge is 2.17. The molecule has 0 radical (unpaired) electrons. The largest absolute Gasteiger partial charge is 0.488 e. The van der Waals surface area contributed by atoms with Crippen molar-refractivity contribution in [2.45, 2.75) is 6.61 Å². The smallest absolute Gasteiger partial charge is 0.250 e. The van der Waals surface area contributed by atoms with Gasteiger partial charge in [-0.15, -0.1) is 0 Å². The normalized spacial score (nSPS) is 12.1. The molecule has 0 aliphatic carbocycles. The molecule has 2 aromatic carbocycles. The van der Waals surface area contributed by atoms with Crippen molar-refractivity contribution in [1.29, 1.82) is 0 Å². The van der Waals surface area contributed by atoms with E-state index in [0.29, 0.717) is 6.61 Å². The molecule has 0 spiro atoms. The van der Waals surface area contributed by atoms with E-state index in [-0.39, 0.29) is 12.5 Å². The van der Waals surface area contributed by atoms with Crippen LogP contribution in [0.25, 0.3) is 11.1 Å². The molecule has 3 rings (SSSR count). The molecule has 4 nitrogen and oxygen atoms in total. The van der Waals surface area contributed by atoms with Crippen LogP contribution in [-0.2, 0) is 16.1 Å². The molecular formula is C16H15NO3. The predicted molar refractivity (Wildman–Crippen MR) is 76.7 cm³/mol. The maximum absolute atomic E-state index is 11.5. The topological polar surface area (TPSA) is 47.6 Å². The molecule has 20 heavy (non-hydrogen) atoms. The van der Waals surface area contributed by atoms with E-state index in [1.54, 1.807) is 0 Å². The van der Waals surface area contributed by atoms with Crippen LogP contribution < -0.4 is 10.1 Å². The molecule has 102 valence electrons. The van der Waals surface area contributed by atoms with Crippen molar-refractivity contribution in [2.75, 3.05) is 19.0 Å². The number of carbonyl (C=O) groups excluding carboxylic acids is 1. The number of hydrogen-bond donors (Lipinski definition) is 1. The van der Waals surface area contributed by atoms with E-state index in [2.05, 4.69) is 5.32 Å². The van der Waals surface area contributed by atoms with Crippen molar-refractivity contribution in [3.63, 3.8) is 0 Å². The average molecular weight is 269 g/mol. The Hall–Kier alpha value is -2.33. The van der Waals surface area contributed by atoms with Crippen LogP contribution in [0.5, 0.6) is 5.75 Å². The van der Waals surface area contributed by atoms with Crippen LogP contribution in [0.3, 0.4) is 0 Å². The minimum absolute atomic E-state index is 0.0520. The van der Waals surface area contributed by atoms with Gasteiger partial charge in [0, 0.05) is 18.4 Å². The Kier molecular flexibility index (Phi) is 3.39. The van der Waals surface area contributed by atoms with Gasteiger partial charge in [-0.05, 0) is 29.3 Å². The fraction of sp³-hybridized carbons (Fsp3) is 0.188. The SMILES string of the molecule is COCC(=O)Nc1ccc2c(c1)COc1ccccc1-2. The minimum Gasteiger partial charge on any atom is -0.488 e. The van der Waals surface area contributed by atoms with E-state index >= 15 is 0 Å². The molecule has 1 heterocycles. The minimum atomic E-state index is -0.162. The van der Waals surface area contributed by atoms with Crippen LogP contribution in [0.15, 0.2) is 42.5 Å². The van der Waals surface area contributed by atoms with E-state index in [4.69, 9.17) is 9.47 Å². The maximum Gasteiger partial charge on any atom is 0.250 e. The second kappa shape index (κ2) is 5.35. The Balaban J connectivity index is 1.90. The lowest BCUT2D eigenvalue weighted by Gasteiger charge is -2.21. The molecular weight excluding hydrogens is 254 g/mol. The average Bonchev–Trinajstić information content (AvgIpc) is 2.47. The lowest BCUT2D eigenvalue weighted by molar-refractivity contribution is -0.119. The van der Waals surface area contributed by atoms with Crippen molar-refractivity contribution < 1.29 is 14.3 Å². The standard InChI is InChI=1S/C16H15NO3/c1-19-10-16(18)17-12-6-7-13-11(8-12)9-20-15-5-3-2-4-14(13)15/h2-8H,9-10H2,1H3,(H,17,18). The number of fused-ring (bicyclic) bond motifs is 3. The second-order valence-corrected chi connectivity index (χ2v) is 4.64. The van der Waals surface area contributed by atoms with E-state index in [0.717, 1.165) is 28.1 Å². The summed E-state index contributed by atoms with van der Waals surface area (Å²) in [5.41, 5.74) is 4.06. The molecule has 2 aromatic rings. The summed E-state index contributed by atoms with van der Waals surface area (Å²) in [4.78, 5) is 11.5. The van der Waals surface area contributed by atoms with Gasteiger partial charge in [0.1, 0.15) is 19.0 Å². The Morgan fingerprint density at radius 3 is 2.95 bits per heavy atom. The molecule has 1 aliphatic heterocycles. The Bertz CT molecular complexity index is 652. The molecule has 0 fully saturated rings. The third-order valence-corrected chi connectivity index (χ3v) is 3.22. The molecule has 4 heteroatoms. The molecule has 0 saturated heterocycles. The molecule has 1 aliphatic rings.